The van der Waals surface area contributed by atoms with Gasteiger partial charge in [-0.3, -0.25) is 9.59 Å². The minimum atomic E-state index is -0.879. The first-order valence-electron chi connectivity index (χ1n) is 25.5. The van der Waals surface area contributed by atoms with Crippen molar-refractivity contribution < 1.29 is 38.2 Å². The summed E-state index contributed by atoms with van der Waals surface area (Å²) in [5.74, 6) is -1.50. The van der Waals surface area contributed by atoms with Gasteiger partial charge in [0.05, 0.1) is 34.4 Å². The summed E-state index contributed by atoms with van der Waals surface area (Å²) >= 11 is 0. The summed E-state index contributed by atoms with van der Waals surface area (Å²) in [4.78, 5) is 37.1. The van der Waals surface area contributed by atoms with Crippen molar-refractivity contribution in [3.8, 4) is 0 Å². The van der Waals surface area contributed by atoms with Crippen molar-refractivity contribution in [2.45, 2.75) is 219 Å². The SMILES string of the molecule is CC/C=C/C/C=C/C/C=C/C/C=C/C/C=C/C/C=C/CCCCCCC(=O)OCC(COCCC(C(=O)O)[N+](C)(C)C)OC(=O)CCCCCCCCCCCCCCCCCC. The van der Waals surface area contributed by atoms with Crippen molar-refractivity contribution >= 4 is 17.9 Å². The highest BCUT2D eigenvalue weighted by Crippen LogP contribution is 2.15. The molecule has 8 nitrogen and oxygen atoms in total. The molecule has 0 saturated heterocycles. The molecule has 2 unspecified atom stereocenters. The Kier molecular flexibility index (Phi) is 43.0. The van der Waals surface area contributed by atoms with Crippen LogP contribution < -0.4 is 0 Å². The third kappa shape index (κ3) is 43.8. The van der Waals surface area contributed by atoms with E-state index in [1.807, 2.05) is 21.1 Å². The van der Waals surface area contributed by atoms with Gasteiger partial charge in [0.25, 0.3) is 0 Å². The van der Waals surface area contributed by atoms with Crippen LogP contribution >= 0.6 is 0 Å². The van der Waals surface area contributed by atoms with E-state index >= 15 is 0 Å². The molecular formula is C55H96NO7+. The van der Waals surface area contributed by atoms with Gasteiger partial charge in [0.1, 0.15) is 6.61 Å². The predicted molar refractivity (Wildman–Crippen MR) is 266 cm³/mol. The minimum absolute atomic E-state index is 0.0516. The average molecular weight is 883 g/mol. The van der Waals surface area contributed by atoms with Crippen LogP contribution in [0.25, 0.3) is 0 Å². The number of unbranched alkanes of at least 4 members (excludes halogenated alkanes) is 19. The standard InChI is InChI=1S/C55H95NO7/c1-6-8-10-12-14-16-18-20-22-24-25-26-27-28-29-30-32-33-35-37-39-41-43-45-53(57)62-50-51(49-61-48-47-52(55(59)60)56(3,4)5)63-54(58)46-44-42-40-38-36-34-31-23-21-19-17-15-13-11-9-7-2/h8,10,14,16,20,22,25-26,28-29,32-33,51-52H,6-7,9,11-13,15,17-19,21,23-24,27,30-31,34-50H2,1-5H3/p+1/b10-8+,16-14+,22-20+,26-25+,29-28+,33-32+. The van der Waals surface area contributed by atoms with E-state index in [0.717, 1.165) is 89.9 Å². The number of likely N-dealkylation sites (N-methyl/N-ethyl adjacent to an activating group) is 1. The summed E-state index contributed by atoms with van der Waals surface area (Å²) in [6.07, 6.45) is 58.0. The van der Waals surface area contributed by atoms with E-state index in [-0.39, 0.29) is 36.2 Å². The molecule has 0 aromatic carbocycles. The maximum absolute atomic E-state index is 12.8. The molecule has 63 heavy (non-hydrogen) atoms. The molecule has 0 amide bonds. The Morgan fingerprint density at radius 1 is 0.492 bits per heavy atom. The molecule has 0 rings (SSSR count). The molecular weight excluding hydrogens is 787 g/mol. The Hall–Kier alpha value is -3.23. The highest BCUT2D eigenvalue weighted by atomic mass is 16.6. The maximum atomic E-state index is 12.8. The van der Waals surface area contributed by atoms with E-state index in [1.165, 1.54) is 83.5 Å². The van der Waals surface area contributed by atoms with Gasteiger partial charge in [-0.25, -0.2) is 4.79 Å². The molecule has 0 aliphatic carbocycles. The number of carbonyl (C=O) groups excluding carboxylic acids is 2. The van der Waals surface area contributed by atoms with Gasteiger partial charge in [-0.2, -0.15) is 0 Å². The van der Waals surface area contributed by atoms with Gasteiger partial charge in [-0.05, 0) is 64.2 Å². The summed E-state index contributed by atoms with van der Waals surface area (Å²) in [7, 11) is 5.52. The van der Waals surface area contributed by atoms with Crippen molar-refractivity contribution in [2.24, 2.45) is 0 Å². The molecule has 0 aromatic rings. The number of nitrogens with zero attached hydrogens (tertiary/aromatic N) is 1. The van der Waals surface area contributed by atoms with Gasteiger partial charge >= 0.3 is 17.9 Å². The van der Waals surface area contributed by atoms with E-state index in [2.05, 4.69) is 86.8 Å². The molecule has 0 bridgehead atoms. The number of aliphatic carboxylic acids is 1. The summed E-state index contributed by atoms with van der Waals surface area (Å²) in [5.41, 5.74) is 0. The lowest BCUT2D eigenvalue weighted by Gasteiger charge is -2.31. The molecule has 0 heterocycles. The molecule has 0 saturated carbocycles. The van der Waals surface area contributed by atoms with Gasteiger partial charge in [0.2, 0.25) is 0 Å². The first kappa shape index (κ1) is 59.8. The van der Waals surface area contributed by atoms with Crippen molar-refractivity contribution in [1.29, 1.82) is 0 Å². The normalized spacial score (nSPS) is 13.5. The van der Waals surface area contributed by atoms with Gasteiger partial charge in [0.15, 0.2) is 12.1 Å². The minimum Gasteiger partial charge on any atom is -0.477 e. The summed E-state index contributed by atoms with van der Waals surface area (Å²) in [6, 6.07) is -0.621. The fourth-order valence-electron chi connectivity index (χ4n) is 7.21. The Morgan fingerprint density at radius 2 is 0.889 bits per heavy atom. The number of allylic oxidation sites excluding steroid dienone is 12. The largest absolute Gasteiger partial charge is 0.477 e. The average Bonchev–Trinajstić information content (AvgIpc) is 3.24. The molecule has 2 atom stereocenters. The Bertz CT molecular complexity index is 1260. The maximum Gasteiger partial charge on any atom is 0.362 e. The number of carboxylic acids is 1. The predicted octanol–water partition coefficient (Wildman–Crippen LogP) is 14.7. The third-order valence-electron chi connectivity index (χ3n) is 11.1. The summed E-state index contributed by atoms with van der Waals surface area (Å²) in [6.45, 7) is 4.61. The Balaban J connectivity index is 4.30. The third-order valence-corrected chi connectivity index (χ3v) is 11.1. The number of hydrogen-bond donors (Lipinski definition) is 1. The second-order valence-corrected chi connectivity index (χ2v) is 18.1. The van der Waals surface area contributed by atoms with Crippen LogP contribution in [0.5, 0.6) is 0 Å². The van der Waals surface area contributed by atoms with Crippen LogP contribution in [0, 0.1) is 0 Å². The van der Waals surface area contributed by atoms with E-state index in [9.17, 15) is 19.5 Å². The molecule has 0 radical (unpaired) electrons. The first-order valence-corrected chi connectivity index (χ1v) is 25.5. The monoisotopic (exact) mass is 883 g/mol. The molecule has 1 N–H and O–H groups in total. The van der Waals surface area contributed by atoms with Crippen molar-refractivity contribution in [2.75, 3.05) is 41.0 Å². The Morgan fingerprint density at radius 3 is 1.32 bits per heavy atom. The number of carbonyl (C=O) groups is 3. The zero-order valence-corrected chi connectivity index (χ0v) is 41.3. The van der Waals surface area contributed by atoms with Gasteiger partial charge < -0.3 is 23.8 Å². The van der Waals surface area contributed by atoms with Crippen LogP contribution in [0.3, 0.4) is 0 Å². The molecule has 0 aliphatic heterocycles. The van der Waals surface area contributed by atoms with E-state index in [4.69, 9.17) is 14.2 Å². The second kappa shape index (κ2) is 45.3. The topological polar surface area (TPSA) is 99.1 Å². The van der Waals surface area contributed by atoms with Crippen LogP contribution in [-0.4, -0.2) is 80.6 Å². The summed E-state index contributed by atoms with van der Waals surface area (Å²) < 4.78 is 17.3. The number of ether oxygens (including phenoxy) is 3. The molecule has 362 valence electrons. The van der Waals surface area contributed by atoms with Crippen molar-refractivity contribution in [1.82, 2.24) is 0 Å². The number of hydrogen-bond acceptors (Lipinski definition) is 6. The number of quaternary nitrogens is 1. The van der Waals surface area contributed by atoms with Crippen LogP contribution in [0.4, 0.5) is 0 Å². The van der Waals surface area contributed by atoms with E-state index in [1.54, 1.807) is 0 Å². The fraction of sp³-hybridized carbons (Fsp3) is 0.727. The highest BCUT2D eigenvalue weighted by Gasteiger charge is 2.31. The number of rotatable bonds is 45. The van der Waals surface area contributed by atoms with E-state index in [0.29, 0.717) is 19.3 Å². The lowest BCUT2D eigenvalue weighted by molar-refractivity contribution is -0.887. The molecule has 0 aliphatic rings. The molecule has 0 aromatic heterocycles. The lowest BCUT2D eigenvalue weighted by Crippen LogP contribution is -2.50. The molecule has 0 fully saturated rings. The molecule has 8 heteroatoms. The van der Waals surface area contributed by atoms with Crippen LogP contribution in [0.2, 0.25) is 0 Å². The fourth-order valence-corrected chi connectivity index (χ4v) is 7.21. The van der Waals surface area contributed by atoms with Crippen LogP contribution in [0.15, 0.2) is 72.9 Å². The quantitative estimate of drug-likeness (QED) is 0.0281. The number of esters is 2. The van der Waals surface area contributed by atoms with E-state index < -0.39 is 18.1 Å². The van der Waals surface area contributed by atoms with Crippen LogP contribution in [-0.2, 0) is 28.6 Å². The first-order chi connectivity index (χ1) is 30.6. The smallest absolute Gasteiger partial charge is 0.362 e. The van der Waals surface area contributed by atoms with Crippen molar-refractivity contribution in [3.05, 3.63) is 72.9 Å². The molecule has 0 spiro atoms. The lowest BCUT2D eigenvalue weighted by atomic mass is 10.0. The second-order valence-electron chi connectivity index (χ2n) is 18.1. The Labute approximate surface area is 387 Å². The zero-order chi connectivity index (χ0) is 46.3. The van der Waals surface area contributed by atoms with Crippen LogP contribution in [0.1, 0.15) is 206 Å². The van der Waals surface area contributed by atoms with Crippen molar-refractivity contribution in [3.63, 3.8) is 0 Å². The van der Waals surface area contributed by atoms with Gasteiger partial charge in [0, 0.05) is 19.3 Å². The number of carboxylic acid groups (broad SMARTS) is 1. The van der Waals surface area contributed by atoms with Gasteiger partial charge in [-0.1, -0.05) is 196 Å². The highest BCUT2D eigenvalue weighted by molar-refractivity contribution is 5.72. The summed E-state index contributed by atoms with van der Waals surface area (Å²) in [5, 5.41) is 9.65. The zero-order valence-electron chi connectivity index (χ0n) is 41.3. The van der Waals surface area contributed by atoms with Gasteiger partial charge in [-0.15, -0.1) is 0 Å².